The molecule has 122 valence electrons. The van der Waals surface area contributed by atoms with E-state index in [0.717, 1.165) is 42.5 Å². The fourth-order valence-electron chi connectivity index (χ4n) is 2.89. The SMILES string of the molecule is CC(C)c1ccc(S(=O)(=O)Nc2cnc3c(c2)CCCC3)cc1. The first-order valence-corrected chi connectivity index (χ1v) is 9.54. The maximum atomic E-state index is 12.5. The highest BCUT2D eigenvalue weighted by Crippen LogP contribution is 2.24. The van der Waals surface area contributed by atoms with E-state index in [9.17, 15) is 8.42 Å². The number of aromatic nitrogens is 1. The van der Waals surface area contributed by atoms with E-state index in [4.69, 9.17) is 0 Å². The van der Waals surface area contributed by atoms with Gasteiger partial charge in [0.05, 0.1) is 16.8 Å². The van der Waals surface area contributed by atoms with Crippen LogP contribution in [0.25, 0.3) is 0 Å². The number of pyridine rings is 1. The highest BCUT2D eigenvalue weighted by atomic mass is 32.2. The lowest BCUT2D eigenvalue weighted by Gasteiger charge is -2.16. The third kappa shape index (κ3) is 3.55. The van der Waals surface area contributed by atoms with Crippen LogP contribution in [0.3, 0.4) is 0 Å². The molecule has 1 N–H and O–H groups in total. The Balaban J connectivity index is 1.83. The molecule has 5 heteroatoms. The van der Waals surface area contributed by atoms with E-state index < -0.39 is 10.0 Å². The van der Waals surface area contributed by atoms with E-state index in [1.54, 1.807) is 18.3 Å². The van der Waals surface area contributed by atoms with Crippen molar-refractivity contribution < 1.29 is 8.42 Å². The number of nitrogens with zero attached hydrogens (tertiary/aromatic N) is 1. The molecule has 2 aromatic rings. The highest BCUT2D eigenvalue weighted by Gasteiger charge is 2.17. The van der Waals surface area contributed by atoms with Gasteiger partial charge in [0.2, 0.25) is 0 Å². The van der Waals surface area contributed by atoms with Crippen molar-refractivity contribution in [1.29, 1.82) is 0 Å². The summed E-state index contributed by atoms with van der Waals surface area (Å²) in [6.07, 6.45) is 5.87. The first-order chi connectivity index (χ1) is 11.0. The van der Waals surface area contributed by atoms with Crippen LogP contribution in [-0.4, -0.2) is 13.4 Å². The normalized spacial score (nSPS) is 14.6. The molecule has 23 heavy (non-hydrogen) atoms. The van der Waals surface area contributed by atoms with Crippen molar-refractivity contribution in [1.82, 2.24) is 4.98 Å². The van der Waals surface area contributed by atoms with Crippen LogP contribution in [0.4, 0.5) is 5.69 Å². The molecule has 1 aliphatic carbocycles. The quantitative estimate of drug-likeness (QED) is 0.925. The monoisotopic (exact) mass is 330 g/mol. The molecular formula is C18H22N2O2S. The smallest absolute Gasteiger partial charge is 0.261 e. The van der Waals surface area contributed by atoms with Gasteiger partial charge < -0.3 is 0 Å². The average Bonchev–Trinajstić information content (AvgIpc) is 2.54. The van der Waals surface area contributed by atoms with E-state index in [-0.39, 0.29) is 4.90 Å². The molecule has 1 heterocycles. The van der Waals surface area contributed by atoms with Gasteiger partial charge in [0.1, 0.15) is 0 Å². The Hall–Kier alpha value is -1.88. The fraction of sp³-hybridized carbons (Fsp3) is 0.389. The van der Waals surface area contributed by atoms with Crippen molar-refractivity contribution in [2.24, 2.45) is 0 Å². The number of nitrogens with one attached hydrogen (secondary N) is 1. The molecule has 0 spiro atoms. The Bertz CT molecular complexity index is 796. The number of sulfonamides is 1. The van der Waals surface area contributed by atoms with Crippen LogP contribution in [0, 0.1) is 0 Å². The standard InChI is InChI=1S/C18H22N2O2S/c1-13(2)14-7-9-17(10-8-14)23(21,22)20-16-11-15-5-3-4-6-18(15)19-12-16/h7-13,20H,3-6H2,1-2H3. The van der Waals surface area contributed by atoms with Gasteiger partial charge in [-0.15, -0.1) is 0 Å². The van der Waals surface area contributed by atoms with Gasteiger partial charge in [-0.25, -0.2) is 8.42 Å². The first kappa shape index (κ1) is 16.0. The molecule has 0 atom stereocenters. The van der Waals surface area contributed by atoms with Crippen LogP contribution < -0.4 is 4.72 Å². The van der Waals surface area contributed by atoms with Gasteiger partial charge in [-0.05, 0) is 60.9 Å². The molecule has 0 unspecified atom stereocenters. The highest BCUT2D eigenvalue weighted by molar-refractivity contribution is 7.92. The Morgan fingerprint density at radius 2 is 1.78 bits per heavy atom. The summed E-state index contributed by atoms with van der Waals surface area (Å²) in [5.41, 5.74) is 3.92. The van der Waals surface area contributed by atoms with E-state index in [1.165, 1.54) is 0 Å². The van der Waals surface area contributed by atoms with Crippen LogP contribution in [0.1, 0.15) is 49.4 Å². The fourth-order valence-corrected chi connectivity index (χ4v) is 3.92. The van der Waals surface area contributed by atoms with Crippen molar-refractivity contribution in [3.05, 3.63) is 53.3 Å². The number of hydrogen-bond acceptors (Lipinski definition) is 3. The van der Waals surface area contributed by atoms with E-state index >= 15 is 0 Å². The number of benzene rings is 1. The lowest BCUT2D eigenvalue weighted by Crippen LogP contribution is -2.14. The van der Waals surface area contributed by atoms with Crippen LogP contribution in [0.15, 0.2) is 41.4 Å². The number of rotatable bonds is 4. The van der Waals surface area contributed by atoms with Crippen LogP contribution in [0.5, 0.6) is 0 Å². The lowest BCUT2D eigenvalue weighted by atomic mass is 9.96. The maximum absolute atomic E-state index is 12.5. The molecule has 1 aromatic carbocycles. The van der Waals surface area contributed by atoms with E-state index in [2.05, 4.69) is 23.6 Å². The minimum Gasteiger partial charge on any atom is -0.278 e. The molecule has 0 fully saturated rings. The second-order valence-electron chi connectivity index (χ2n) is 6.37. The second kappa shape index (κ2) is 6.32. The van der Waals surface area contributed by atoms with Gasteiger partial charge in [-0.3, -0.25) is 9.71 Å². The zero-order valence-corrected chi connectivity index (χ0v) is 14.4. The van der Waals surface area contributed by atoms with Gasteiger partial charge in [0.25, 0.3) is 10.0 Å². The Morgan fingerprint density at radius 3 is 2.48 bits per heavy atom. The minimum absolute atomic E-state index is 0.277. The summed E-state index contributed by atoms with van der Waals surface area (Å²) in [6.45, 7) is 4.17. The molecular weight excluding hydrogens is 308 g/mol. The number of fused-ring (bicyclic) bond motifs is 1. The summed E-state index contributed by atoms with van der Waals surface area (Å²) >= 11 is 0. The summed E-state index contributed by atoms with van der Waals surface area (Å²) < 4.78 is 27.7. The predicted molar refractivity (Wildman–Crippen MR) is 92.2 cm³/mol. The molecule has 1 aromatic heterocycles. The van der Waals surface area contributed by atoms with Crippen LogP contribution in [0.2, 0.25) is 0 Å². The zero-order valence-electron chi connectivity index (χ0n) is 13.5. The molecule has 0 saturated carbocycles. The number of aryl methyl sites for hydroxylation is 2. The summed E-state index contributed by atoms with van der Waals surface area (Å²) in [6, 6.07) is 8.96. The van der Waals surface area contributed by atoms with E-state index in [1.807, 2.05) is 18.2 Å². The first-order valence-electron chi connectivity index (χ1n) is 8.06. The molecule has 0 saturated heterocycles. The minimum atomic E-state index is -3.57. The number of hydrogen-bond donors (Lipinski definition) is 1. The molecule has 0 aliphatic heterocycles. The Labute approximate surface area is 138 Å². The summed E-state index contributed by atoms with van der Waals surface area (Å²) in [5.74, 6) is 0.379. The Kier molecular flexibility index (Phi) is 4.39. The van der Waals surface area contributed by atoms with Gasteiger partial charge in [-0.1, -0.05) is 26.0 Å². The van der Waals surface area contributed by atoms with Crippen molar-refractivity contribution in [2.75, 3.05) is 4.72 Å². The molecule has 0 radical (unpaired) electrons. The largest absolute Gasteiger partial charge is 0.278 e. The average molecular weight is 330 g/mol. The van der Waals surface area contributed by atoms with Crippen LogP contribution in [-0.2, 0) is 22.9 Å². The van der Waals surface area contributed by atoms with Crippen molar-refractivity contribution in [2.45, 2.75) is 50.3 Å². The van der Waals surface area contributed by atoms with E-state index in [0.29, 0.717) is 11.6 Å². The van der Waals surface area contributed by atoms with Gasteiger partial charge in [-0.2, -0.15) is 0 Å². The maximum Gasteiger partial charge on any atom is 0.261 e. The molecule has 4 nitrogen and oxygen atoms in total. The van der Waals surface area contributed by atoms with Crippen molar-refractivity contribution >= 4 is 15.7 Å². The molecule has 0 amide bonds. The summed E-state index contributed by atoms with van der Waals surface area (Å²) in [5, 5.41) is 0. The Morgan fingerprint density at radius 1 is 1.09 bits per heavy atom. The van der Waals surface area contributed by atoms with Gasteiger partial charge in [0, 0.05) is 5.69 Å². The molecule has 1 aliphatic rings. The zero-order chi connectivity index (χ0) is 16.4. The molecule has 3 rings (SSSR count). The summed E-state index contributed by atoms with van der Waals surface area (Å²) in [7, 11) is -3.57. The number of anilines is 1. The van der Waals surface area contributed by atoms with Crippen LogP contribution >= 0.6 is 0 Å². The topological polar surface area (TPSA) is 59.1 Å². The van der Waals surface area contributed by atoms with Crippen molar-refractivity contribution in [3.63, 3.8) is 0 Å². The lowest BCUT2D eigenvalue weighted by molar-refractivity contribution is 0.601. The second-order valence-corrected chi connectivity index (χ2v) is 8.05. The predicted octanol–water partition coefficient (Wildman–Crippen LogP) is 3.88. The van der Waals surface area contributed by atoms with Crippen molar-refractivity contribution in [3.8, 4) is 0 Å². The molecule has 0 bridgehead atoms. The third-order valence-corrected chi connectivity index (χ3v) is 5.68. The van der Waals surface area contributed by atoms with Gasteiger partial charge in [0.15, 0.2) is 0 Å². The summed E-state index contributed by atoms with van der Waals surface area (Å²) in [4.78, 5) is 4.68. The van der Waals surface area contributed by atoms with Gasteiger partial charge >= 0.3 is 0 Å². The third-order valence-electron chi connectivity index (χ3n) is 4.28.